The average molecular weight is 393 g/mol. The van der Waals surface area contributed by atoms with Gasteiger partial charge in [0, 0.05) is 17.3 Å². The Morgan fingerprint density at radius 1 is 0.966 bits per heavy atom. The molecule has 1 aromatic heterocycles. The molecule has 2 aromatic carbocycles. The molecule has 150 valence electrons. The van der Waals surface area contributed by atoms with E-state index in [0.29, 0.717) is 22.9 Å². The maximum atomic E-state index is 12.4. The summed E-state index contributed by atoms with van der Waals surface area (Å²) in [4.78, 5) is 24.6. The summed E-state index contributed by atoms with van der Waals surface area (Å²) in [6, 6.07) is 14.1. The molecule has 0 fully saturated rings. The summed E-state index contributed by atoms with van der Waals surface area (Å²) in [7, 11) is 3.11. The van der Waals surface area contributed by atoms with Crippen LogP contribution < -0.4 is 20.3 Å². The molecular weight excluding hydrogens is 370 g/mol. The first kappa shape index (κ1) is 20.1. The minimum atomic E-state index is -0.357. The van der Waals surface area contributed by atoms with Crippen LogP contribution in [0.1, 0.15) is 11.1 Å². The van der Waals surface area contributed by atoms with Crippen molar-refractivity contribution in [2.75, 3.05) is 19.5 Å². The molecular formula is C22H23N3O4. The van der Waals surface area contributed by atoms with E-state index in [2.05, 4.69) is 10.4 Å². The normalized spacial score (nSPS) is 10.5. The number of hydrogen-bond acceptors (Lipinski definition) is 5. The Hall–Kier alpha value is -3.61. The number of nitrogens with zero attached hydrogens (tertiary/aromatic N) is 2. The zero-order valence-electron chi connectivity index (χ0n) is 16.9. The third kappa shape index (κ3) is 4.82. The SMILES string of the molecule is COc1ccc(-c2ccc(=O)n(CC(=O)Nc3cc(C)cc(C)c3)n2)cc1OC. The maximum absolute atomic E-state index is 12.4. The third-order valence-electron chi connectivity index (χ3n) is 4.34. The summed E-state index contributed by atoms with van der Waals surface area (Å²) < 4.78 is 11.7. The lowest BCUT2D eigenvalue weighted by atomic mass is 10.1. The lowest BCUT2D eigenvalue weighted by Gasteiger charge is -2.11. The summed E-state index contributed by atoms with van der Waals surface area (Å²) in [5.74, 6) is 0.823. The number of rotatable bonds is 6. The van der Waals surface area contributed by atoms with Crippen molar-refractivity contribution in [2.24, 2.45) is 0 Å². The zero-order valence-corrected chi connectivity index (χ0v) is 16.9. The molecule has 7 heteroatoms. The number of aryl methyl sites for hydroxylation is 2. The molecule has 29 heavy (non-hydrogen) atoms. The van der Waals surface area contributed by atoms with Gasteiger partial charge in [0.05, 0.1) is 19.9 Å². The molecule has 3 aromatic rings. The molecule has 0 aliphatic heterocycles. The van der Waals surface area contributed by atoms with Crippen molar-refractivity contribution in [1.82, 2.24) is 9.78 Å². The quantitative estimate of drug-likeness (QED) is 0.696. The van der Waals surface area contributed by atoms with Gasteiger partial charge in [-0.2, -0.15) is 5.10 Å². The van der Waals surface area contributed by atoms with Crippen molar-refractivity contribution in [3.8, 4) is 22.8 Å². The van der Waals surface area contributed by atoms with Crippen LogP contribution in [0.3, 0.4) is 0 Å². The molecule has 1 heterocycles. The van der Waals surface area contributed by atoms with Gasteiger partial charge in [0.15, 0.2) is 11.5 Å². The van der Waals surface area contributed by atoms with Crippen LogP contribution in [0.15, 0.2) is 53.3 Å². The zero-order chi connectivity index (χ0) is 21.0. The van der Waals surface area contributed by atoms with Crippen molar-refractivity contribution in [2.45, 2.75) is 20.4 Å². The molecule has 0 aliphatic carbocycles. The molecule has 0 saturated carbocycles. The van der Waals surface area contributed by atoms with Gasteiger partial charge in [-0.15, -0.1) is 0 Å². The van der Waals surface area contributed by atoms with Crippen LogP contribution in [0.2, 0.25) is 0 Å². The number of benzene rings is 2. The highest BCUT2D eigenvalue weighted by Gasteiger charge is 2.11. The van der Waals surface area contributed by atoms with Crippen LogP contribution in [0.5, 0.6) is 11.5 Å². The van der Waals surface area contributed by atoms with Crippen LogP contribution in [0.4, 0.5) is 5.69 Å². The number of carbonyl (C=O) groups excluding carboxylic acids is 1. The first-order valence-electron chi connectivity index (χ1n) is 9.08. The highest BCUT2D eigenvalue weighted by atomic mass is 16.5. The lowest BCUT2D eigenvalue weighted by molar-refractivity contribution is -0.117. The van der Waals surface area contributed by atoms with Crippen molar-refractivity contribution in [3.05, 3.63) is 70.0 Å². The van der Waals surface area contributed by atoms with E-state index in [9.17, 15) is 9.59 Å². The fourth-order valence-electron chi connectivity index (χ4n) is 3.10. The second-order valence-electron chi connectivity index (χ2n) is 6.71. The fourth-order valence-corrected chi connectivity index (χ4v) is 3.10. The van der Waals surface area contributed by atoms with Gasteiger partial charge in [-0.25, -0.2) is 4.68 Å². The number of methoxy groups -OCH3 is 2. The molecule has 0 bridgehead atoms. The molecule has 1 amide bonds. The summed E-state index contributed by atoms with van der Waals surface area (Å²) in [5, 5.41) is 7.15. The van der Waals surface area contributed by atoms with Gasteiger partial charge >= 0.3 is 0 Å². The molecule has 0 unspecified atom stereocenters. The summed E-state index contributed by atoms with van der Waals surface area (Å²) in [6.07, 6.45) is 0. The number of aromatic nitrogens is 2. The van der Waals surface area contributed by atoms with Crippen LogP contribution >= 0.6 is 0 Å². The Morgan fingerprint density at radius 2 is 1.66 bits per heavy atom. The highest BCUT2D eigenvalue weighted by molar-refractivity contribution is 5.90. The van der Waals surface area contributed by atoms with E-state index in [1.165, 1.54) is 6.07 Å². The largest absolute Gasteiger partial charge is 0.493 e. The topological polar surface area (TPSA) is 82.5 Å². The number of hydrogen-bond donors (Lipinski definition) is 1. The molecule has 0 radical (unpaired) electrons. The molecule has 0 atom stereocenters. The van der Waals surface area contributed by atoms with Gasteiger partial charge in [-0.1, -0.05) is 6.07 Å². The van der Waals surface area contributed by atoms with Crippen molar-refractivity contribution >= 4 is 11.6 Å². The van der Waals surface area contributed by atoms with Gasteiger partial charge in [0.25, 0.3) is 5.56 Å². The van der Waals surface area contributed by atoms with Crippen LogP contribution in [-0.2, 0) is 11.3 Å². The third-order valence-corrected chi connectivity index (χ3v) is 4.34. The number of carbonyl (C=O) groups is 1. The monoisotopic (exact) mass is 393 g/mol. The smallest absolute Gasteiger partial charge is 0.267 e. The van der Waals surface area contributed by atoms with E-state index in [1.54, 1.807) is 32.4 Å². The Bertz CT molecular complexity index is 1090. The van der Waals surface area contributed by atoms with Crippen LogP contribution in [-0.4, -0.2) is 29.9 Å². The van der Waals surface area contributed by atoms with Gasteiger partial charge < -0.3 is 14.8 Å². The van der Waals surface area contributed by atoms with Gasteiger partial charge in [-0.3, -0.25) is 9.59 Å². The Balaban J connectivity index is 1.84. The van der Waals surface area contributed by atoms with E-state index in [0.717, 1.165) is 21.4 Å². The van der Waals surface area contributed by atoms with Crippen molar-refractivity contribution < 1.29 is 14.3 Å². The van der Waals surface area contributed by atoms with E-state index in [-0.39, 0.29) is 18.0 Å². The number of ether oxygens (including phenoxy) is 2. The molecule has 7 nitrogen and oxygen atoms in total. The van der Waals surface area contributed by atoms with Gasteiger partial charge in [0.1, 0.15) is 6.54 Å². The molecule has 1 N–H and O–H groups in total. The van der Waals surface area contributed by atoms with E-state index < -0.39 is 0 Å². The molecule has 0 spiro atoms. The second-order valence-corrected chi connectivity index (χ2v) is 6.71. The van der Waals surface area contributed by atoms with E-state index >= 15 is 0 Å². The highest BCUT2D eigenvalue weighted by Crippen LogP contribution is 2.31. The van der Waals surface area contributed by atoms with Gasteiger partial charge in [0.2, 0.25) is 5.91 Å². The predicted octanol–water partition coefficient (Wildman–Crippen LogP) is 3.18. The average Bonchev–Trinajstić information content (AvgIpc) is 2.68. The van der Waals surface area contributed by atoms with Crippen molar-refractivity contribution in [3.63, 3.8) is 0 Å². The van der Waals surface area contributed by atoms with E-state index in [4.69, 9.17) is 9.47 Å². The van der Waals surface area contributed by atoms with Crippen LogP contribution in [0.25, 0.3) is 11.3 Å². The minimum Gasteiger partial charge on any atom is -0.493 e. The Labute approximate surface area is 168 Å². The molecule has 0 saturated heterocycles. The minimum absolute atomic E-state index is 0.188. The molecule has 0 aliphatic rings. The Morgan fingerprint density at radius 3 is 2.31 bits per heavy atom. The number of amides is 1. The molecule has 3 rings (SSSR count). The first-order valence-corrected chi connectivity index (χ1v) is 9.08. The second kappa shape index (κ2) is 8.60. The van der Waals surface area contributed by atoms with Crippen LogP contribution in [0, 0.1) is 13.8 Å². The summed E-state index contributed by atoms with van der Waals surface area (Å²) in [5.41, 5.74) is 3.72. The fraction of sp³-hybridized carbons (Fsp3) is 0.227. The standard InChI is InChI=1S/C22H23N3O4/c1-14-9-15(2)11-17(10-14)23-21(26)13-25-22(27)8-6-18(24-25)16-5-7-19(28-3)20(12-16)29-4/h5-12H,13H2,1-4H3,(H,23,26). The Kier molecular flexibility index (Phi) is 5.97. The summed E-state index contributed by atoms with van der Waals surface area (Å²) >= 11 is 0. The number of nitrogens with one attached hydrogen (secondary N) is 1. The van der Waals surface area contributed by atoms with Crippen molar-refractivity contribution in [1.29, 1.82) is 0 Å². The van der Waals surface area contributed by atoms with Gasteiger partial charge in [-0.05, 0) is 61.4 Å². The number of anilines is 1. The predicted molar refractivity (Wildman–Crippen MR) is 112 cm³/mol. The maximum Gasteiger partial charge on any atom is 0.267 e. The lowest BCUT2D eigenvalue weighted by Crippen LogP contribution is -2.29. The summed E-state index contributed by atoms with van der Waals surface area (Å²) in [6.45, 7) is 3.73. The first-order chi connectivity index (χ1) is 13.9. The van der Waals surface area contributed by atoms with E-state index in [1.807, 2.05) is 38.1 Å².